The molecule has 0 spiro atoms. The van der Waals surface area contributed by atoms with Crippen LogP contribution in [0.2, 0.25) is 0 Å². The lowest BCUT2D eigenvalue weighted by Crippen LogP contribution is -2.37. The Labute approximate surface area is 161 Å². The summed E-state index contributed by atoms with van der Waals surface area (Å²) >= 11 is 0. The Morgan fingerprint density at radius 1 is 1.14 bits per heavy atom. The van der Waals surface area contributed by atoms with Crippen molar-refractivity contribution in [1.82, 2.24) is 5.32 Å². The second-order valence-corrected chi connectivity index (χ2v) is 7.30. The SMILES string of the molecule is O=C(CN1CCCc2cc(F)cc(F)c21)Nc1cccc(C(=O)NC2CC2)c1. The standard InChI is InChI=1S/C21H21F2N3O2/c22-15-9-13-4-2-8-26(20(13)18(23)11-15)12-19(27)24-17-5-1-3-14(10-17)21(28)25-16-6-7-16/h1,3,5,9-11,16H,2,4,6-8,12H2,(H,24,27)(H,25,28). The van der Waals surface area contributed by atoms with Crippen LogP contribution in [0.4, 0.5) is 20.2 Å². The Bertz CT molecular complexity index is 928. The van der Waals surface area contributed by atoms with Crippen LogP contribution < -0.4 is 15.5 Å². The van der Waals surface area contributed by atoms with Crippen LogP contribution in [0.3, 0.4) is 0 Å². The van der Waals surface area contributed by atoms with E-state index < -0.39 is 11.6 Å². The number of halogens is 2. The molecule has 1 heterocycles. The molecule has 7 heteroatoms. The Balaban J connectivity index is 1.44. The number of benzene rings is 2. The Hall–Kier alpha value is -2.96. The largest absolute Gasteiger partial charge is 0.360 e. The van der Waals surface area contributed by atoms with Crippen LogP contribution in [0.5, 0.6) is 0 Å². The summed E-state index contributed by atoms with van der Waals surface area (Å²) in [6, 6.07) is 9.14. The number of hydrogen-bond acceptors (Lipinski definition) is 3. The van der Waals surface area contributed by atoms with Gasteiger partial charge in [-0.3, -0.25) is 9.59 Å². The number of carbonyl (C=O) groups is 2. The van der Waals surface area contributed by atoms with Crippen LogP contribution in [0.15, 0.2) is 36.4 Å². The van der Waals surface area contributed by atoms with Gasteiger partial charge in [0.15, 0.2) is 0 Å². The average molecular weight is 385 g/mol. The highest BCUT2D eigenvalue weighted by Gasteiger charge is 2.25. The van der Waals surface area contributed by atoms with E-state index in [4.69, 9.17) is 0 Å². The van der Waals surface area contributed by atoms with E-state index in [9.17, 15) is 18.4 Å². The molecule has 1 fully saturated rings. The maximum Gasteiger partial charge on any atom is 0.251 e. The van der Waals surface area contributed by atoms with Crippen LogP contribution >= 0.6 is 0 Å². The Morgan fingerprint density at radius 3 is 2.75 bits per heavy atom. The summed E-state index contributed by atoms with van der Waals surface area (Å²) in [5, 5.41) is 5.66. The Kier molecular flexibility index (Phi) is 4.98. The van der Waals surface area contributed by atoms with Crippen molar-refractivity contribution in [3.05, 3.63) is 59.2 Å². The molecule has 4 rings (SSSR count). The number of nitrogens with zero attached hydrogens (tertiary/aromatic N) is 1. The number of amides is 2. The molecule has 146 valence electrons. The van der Waals surface area contributed by atoms with E-state index in [0.29, 0.717) is 35.5 Å². The van der Waals surface area contributed by atoms with E-state index in [-0.39, 0.29) is 24.4 Å². The fourth-order valence-corrected chi connectivity index (χ4v) is 3.50. The zero-order valence-electron chi connectivity index (χ0n) is 15.3. The van der Waals surface area contributed by atoms with Crippen molar-refractivity contribution in [3.8, 4) is 0 Å². The minimum absolute atomic E-state index is 0.0476. The summed E-state index contributed by atoms with van der Waals surface area (Å²) < 4.78 is 27.7. The number of aryl methyl sites for hydroxylation is 1. The summed E-state index contributed by atoms with van der Waals surface area (Å²) in [6.45, 7) is 0.473. The van der Waals surface area contributed by atoms with Gasteiger partial charge in [-0.1, -0.05) is 6.07 Å². The van der Waals surface area contributed by atoms with Crippen LogP contribution in [0.25, 0.3) is 0 Å². The van der Waals surface area contributed by atoms with Gasteiger partial charge < -0.3 is 15.5 Å². The maximum atomic E-state index is 14.3. The van der Waals surface area contributed by atoms with Gasteiger partial charge in [0.05, 0.1) is 12.2 Å². The third-order valence-corrected chi connectivity index (χ3v) is 4.95. The van der Waals surface area contributed by atoms with E-state index in [1.807, 2.05) is 0 Å². The van der Waals surface area contributed by atoms with E-state index in [1.54, 1.807) is 29.2 Å². The molecule has 0 saturated heterocycles. The molecule has 5 nitrogen and oxygen atoms in total. The second-order valence-electron chi connectivity index (χ2n) is 7.30. The van der Waals surface area contributed by atoms with Crippen LogP contribution in [-0.2, 0) is 11.2 Å². The molecule has 2 amide bonds. The van der Waals surface area contributed by atoms with Gasteiger partial charge in [-0.05, 0) is 55.5 Å². The number of carbonyl (C=O) groups excluding carboxylic acids is 2. The zero-order chi connectivity index (χ0) is 19.7. The van der Waals surface area contributed by atoms with E-state index in [2.05, 4.69) is 10.6 Å². The molecule has 2 aromatic carbocycles. The highest BCUT2D eigenvalue weighted by atomic mass is 19.1. The summed E-state index contributed by atoms with van der Waals surface area (Å²) in [6.07, 6.45) is 3.31. The van der Waals surface area contributed by atoms with Crippen molar-refractivity contribution in [3.63, 3.8) is 0 Å². The highest BCUT2D eigenvalue weighted by Crippen LogP contribution is 2.30. The quantitative estimate of drug-likeness (QED) is 0.831. The van der Waals surface area contributed by atoms with Crippen molar-refractivity contribution >= 4 is 23.2 Å². The summed E-state index contributed by atoms with van der Waals surface area (Å²) in [4.78, 5) is 26.3. The number of rotatable bonds is 5. The maximum absolute atomic E-state index is 14.3. The minimum Gasteiger partial charge on any atom is -0.360 e. The first-order valence-corrected chi connectivity index (χ1v) is 9.43. The topological polar surface area (TPSA) is 61.4 Å². The summed E-state index contributed by atoms with van der Waals surface area (Å²) in [5.74, 6) is -1.74. The lowest BCUT2D eigenvalue weighted by atomic mass is 10.0. The molecule has 0 radical (unpaired) electrons. The first-order chi connectivity index (χ1) is 13.5. The third kappa shape index (κ3) is 4.13. The van der Waals surface area contributed by atoms with Crippen LogP contribution in [0, 0.1) is 11.6 Å². The van der Waals surface area contributed by atoms with E-state index in [0.717, 1.165) is 25.3 Å². The molecule has 0 atom stereocenters. The molecule has 2 aromatic rings. The molecule has 1 aliphatic carbocycles. The molecular formula is C21H21F2N3O2. The predicted octanol–water partition coefficient (Wildman–Crippen LogP) is 3.25. The molecule has 1 saturated carbocycles. The van der Waals surface area contributed by atoms with Crippen molar-refractivity contribution in [2.75, 3.05) is 23.3 Å². The van der Waals surface area contributed by atoms with Gasteiger partial charge in [0.25, 0.3) is 5.91 Å². The zero-order valence-corrected chi connectivity index (χ0v) is 15.3. The molecule has 28 heavy (non-hydrogen) atoms. The second kappa shape index (κ2) is 7.58. The molecular weight excluding hydrogens is 364 g/mol. The van der Waals surface area contributed by atoms with E-state index >= 15 is 0 Å². The molecule has 2 N–H and O–H groups in total. The average Bonchev–Trinajstić information content (AvgIpc) is 3.45. The number of fused-ring (bicyclic) bond motifs is 1. The van der Waals surface area contributed by atoms with Crippen molar-refractivity contribution in [2.24, 2.45) is 0 Å². The highest BCUT2D eigenvalue weighted by molar-refractivity contribution is 5.98. The Morgan fingerprint density at radius 2 is 1.96 bits per heavy atom. The van der Waals surface area contributed by atoms with Gasteiger partial charge in [0, 0.05) is 29.9 Å². The summed E-state index contributed by atoms with van der Waals surface area (Å²) in [7, 11) is 0. The molecule has 0 aromatic heterocycles. The van der Waals surface area contributed by atoms with E-state index in [1.165, 1.54) is 6.07 Å². The number of hydrogen-bond donors (Lipinski definition) is 2. The van der Waals surface area contributed by atoms with Crippen molar-refractivity contribution in [1.29, 1.82) is 0 Å². The van der Waals surface area contributed by atoms with Gasteiger partial charge in [-0.25, -0.2) is 8.78 Å². The first-order valence-electron chi connectivity index (χ1n) is 9.43. The lowest BCUT2D eigenvalue weighted by molar-refractivity contribution is -0.115. The fourth-order valence-electron chi connectivity index (χ4n) is 3.50. The van der Waals surface area contributed by atoms with Gasteiger partial charge >= 0.3 is 0 Å². The third-order valence-electron chi connectivity index (χ3n) is 4.95. The minimum atomic E-state index is -0.652. The van der Waals surface area contributed by atoms with Crippen LogP contribution in [-0.4, -0.2) is 30.9 Å². The summed E-state index contributed by atoms with van der Waals surface area (Å²) in [5.41, 5.74) is 1.86. The van der Waals surface area contributed by atoms with Gasteiger partial charge in [-0.2, -0.15) is 0 Å². The van der Waals surface area contributed by atoms with Crippen molar-refractivity contribution in [2.45, 2.75) is 31.7 Å². The van der Waals surface area contributed by atoms with Crippen molar-refractivity contribution < 1.29 is 18.4 Å². The molecule has 0 unspecified atom stereocenters. The van der Waals surface area contributed by atoms with Gasteiger partial charge in [0.2, 0.25) is 5.91 Å². The van der Waals surface area contributed by atoms with Gasteiger partial charge in [-0.15, -0.1) is 0 Å². The predicted molar refractivity (Wildman–Crippen MR) is 102 cm³/mol. The fraction of sp³-hybridized carbons (Fsp3) is 0.333. The first kappa shape index (κ1) is 18.4. The molecule has 1 aliphatic heterocycles. The number of anilines is 2. The molecule has 0 bridgehead atoms. The lowest BCUT2D eigenvalue weighted by Gasteiger charge is -2.31. The molecule has 2 aliphatic rings. The van der Waals surface area contributed by atoms with Gasteiger partial charge in [0.1, 0.15) is 11.6 Å². The monoisotopic (exact) mass is 385 g/mol. The smallest absolute Gasteiger partial charge is 0.251 e. The number of nitrogens with one attached hydrogen (secondary N) is 2. The normalized spacial score (nSPS) is 15.7. The van der Waals surface area contributed by atoms with Crippen LogP contribution in [0.1, 0.15) is 35.2 Å².